The molecule has 2 aromatic heterocycles. The smallest absolute Gasteiger partial charge is 0.342 e. The number of esters is 1. The van der Waals surface area contributed by atoms with Gasteiger partial charge in [0.25, 0.3) is 11.8 Å². The van der Waals surface area contributed by atoms with Crippen LogP contribution in [0, 0.1) is 38.5 Å². The lowest BCUT2D eigenvalue weighted by Crippen LogP contribution is -2.40. The Hall–Kier alpha value is -5.41. The molecule has 2 aromatic carbocycles. The molecule has 2 amide bonds. The molecule has 2 unspecified atom stereocenters. The summed E-state index contributed by atoms with van der Waals surface area (Å²) in [4.78, 5) is 65.7. The SMILES string of the molecule is C#Cc1cc2c(s1)C(c1ccccc1C)=NC(COOCOCOC(=O)C1N=C(c3ccccc3C)c3sc(C#C)cc3N(C)C1=O)C(=O)N2C. The second-order valence-electron chi connectivity index (χ2n) is 11.5. The molecule has 13 heteroatoms. The number of carbonyl (C=O) groups excluding carboxylic acids is 3. The molecule has 0 fully saturated rings. The third kappa shape index (κ3) is 7.12. The molecule has 11 nitrogen and oxygen atoms in total. The normalized spacial score (nSPS) is 17.0. The molecule has 6 rings (SSSR count). The van der Waals surface area contributed by atoms with Crippen molar-refractivity contribution in [3.8, 4) is 24.7 Å². The van der Waals surface area contributed by atoms with E-state index in [-0.39, 0.29) is 12.5 Å². The van der Waals surface area contributed by atoms with Crippen LogP contribution in [0.5, 0.6) is 0 Å². The van der Waals surface area contributed by atoms with E-state index < -0.39 is 37.5 Å². The number of thiophene rings is 2. The van der Waals surface area contributed by atoms with Gasteiger partial charge in [0.05, 0.1) is 42.3 Å². The summed E-state index contributed by atoms with van der Waals surface area (Å²) in [5, 5.41) is 0. The number of fused-ring (bicyclic) bond motifs is 2. The highest BCUT2D eigenvalue weighted by Crippen LogP contribution is 2.37. The molecule has 258 valence electrons. The Morgan fingerprint density at radius 1 is 0.784 bits per heavy atom. The van der Waals surface area contributed by atoms with Crippen molar-refractivity contribution in [2.75, 3.05) is 44.1 Å². The first-order valence-electron chi connectivity index (χ1n) is 15.7. The highest BCUT2D eigenvalue weighted by molar-refractivity contribution is 7.16. The van der Waals surface area contributed by atoms with Gasteiger partial charge >= 0.3 is 5.97 Å². The first-order chi connectivity index (χ1) is 24.6. The standard InChI is InChI=1S/C38H32N4O7S2/c1-7-24-17-29-34(50-24)31(26-15-11-9-13-22(26)3)39-28(36(43)41(29)5)19-48-49-21-46-20-47-38(45)33-37(44)42(6)30-18-25(8-2)51-35(30)32(40-33)27-16-12-10-14-23(27)4/h1-2,9-18,28,33H,19-21H2,3-6H3. The van der Waals surface area contributed by atoms with Gasteiger partial charge in [0.15, 0.2) is 19.6 Å². The molecular weight excluding hydrogens is 689 g/mol. The molecule has 0 saturated heterocycles. The number of ether oxygens (including phenoxy) is 2. The molecule has 2 atom stereocenters. The minimum atomic E-state index is -1.49. The molecule has 2 aliphatic heterocycles. The van der Waals surface area contributed by atoms with Crippen LogP contribution in [0.3, 0.4) is 0 Å². The van der Waals surface area contributed by atoms with Gasteiger partial charge in [-0.05, 0) is 37.1 Å². The van der Waals surface area contributed by atoms with Gasteiger partial charge in [0.2, 0.25) is 6.04 Å². The molecule has 2 aliphatic rings. The Bertz CT molecular complexity index is 2170. The van der Waals surface area contributed by atoms with Crippen LogP contribution in [-0.2, 0) is 33.6 Å². The van der Waals surface area contributed by atoms with Crippen molar-refractivity contribution in [2.45, 2.75) is 25.9 Å². The Kier molecular flexibility index (Phi) is 10.6. The third-order valence-corrected chi connectivity index (χ3v) is 10.5. The van der Waals surface area contributed by atoms with Gasteiger partial charge in [-0.15, -0.1) is 35.5 Å². The maximum absolute atomic E-state index is 13.5. The number of terminal acetylenes is 2. The summed E-state index contributed by atoms with van der Waals surface area (Å²) >= 11 is 2.70. The molecule has 4 heterocycles. The van der Waals surface area contributed by atoms with Crippen molar-refractivity contribution >= 4 is 63.3 Å². The van der Waals surface area contributed by atoms with E-state index in [1.165, 1.54) is 32.5 Å². The number of rotatable bonds is 10. The highest BCUT2D eigenvalue weighted by Gasteiger charge is 2.37. The topological polar surface area (TPSA) is 119 Å². The highest BCUT2D eigenvalue weighted by atomic mass is 32.1. The number of aliphatic imine (C=N–C) groups is 2. The lowest BCUT2D eigenvalue weighted by Gasteiger charge is -2.18. The van der Waals surface area contributed by atoms with E-state index >= 15 is 0 Å². The summed E-state index contributed by atoms with van der Waals surface area (Å²) in [5.74, 6) is 3.47. The second kappa shape index (κ2) is 15.2. The maximum Gasteiger partial charge on any atom is 0.342 e. The van der Waals surface area contributed by atoms with E-state index in [1.807, 2.05) is 62.4 Å². The summed E-state index contributed by atoms with van der Waals surface area (Å²) < 4.78 is 10.6. The van der Waals surface area contributed by atoms with Gasteiger partial charge in [0, 0.05) is 25.2 Å². The maximum atomic E-state index is 13.5. The predicted molar refractivity (Wildman–Crippen MR) is 196 cm³/mol. The summed E-state index contributed by atoms with van der Waals surface area (Å²) in [6.45, 7) is 2.67. The van der Waals surface area contributed by atoms with Crippen molar-refractivity contribution in [3.05, 3.63) is 102 Å². The number of nitrogens with zero attached hydrogens (tertiary/aromatic N) is 4. The number of anilines is 2. The molecular formula is C38H32N4O7S2. The van der Waals surface area contributed by atoms with E-state index in [1.54, 1.807) is 26.2 Å². The second-order valence-corrected chi connectivity index (χ2v) is 13.6. The molecule has 0 bridgehead atoms. The Morgan fingerprint density at radius 2 is 1.31 bits per heavy atom. The Balaban J connectivity index is 1.09. The van der Waals surface area contributed by atoms with Crippen molar-refractivity contribution < 1.29 is 33.6 Å². The molecule has 0 aliphatic carbocycles. The van der Waals surface area contributed by atoms with Crippen LogP contribution in [0.25, 0.3) is 0 Å². The predicted octanol–water partition coefficient (Wildman–Crippen LogP) is 4.88. The first-order valence-corrected chi connectivity index (χ1v) is 17.3. The van der Waals surface area contributed by atoms with Crippen LogP contribution >= 0.6 is 22.7 Å². The van der Waals surface area contributed by atoms with Crippen molar-refractivity contribution in [2.24, 2.45) is 9.98 Å². The lowest BCUT2D eigenvalue weighted by molar-refractivity contribution is -0.343. The zero-order valence-electron chi connectivity index (χ0n) is 28.2. The van der Waals surface area contributed by atoms with Crippen LogP contribution in [-0.4, -0.2) is 75.6 Å². The zero-order valence-corrected chi connectivity index (χ0v) is 29.8. The minimum absolute atomic E-state index is 0.219. The largest absolute Gasteiger partial charge is 0.436 e. The van der Waals surface area contributed by atoms with Crippen molar-refractivity contribution in [3.63, 3.8) is 0 Å². The van der Waals surface area contributed by atoms with Gasteiger partial charge in [-0.3, -0.25) is 19.6 Å². The number of hydrogen-bond acceptors (Lipinski definition) is 11. The molecule has 0 saturated carbocycles. The van der Waals surface area contributed by atoms with Crippen LogP contribution < -0.4 is 9.80 Å². The van der Waals surface area contributed by atoms with Gasteiger partial charge in [-0.25, -0.2) is 14.6 Å². The monoisotopic (exact) mass is 720 g/mol. The van der Waals surface area contributed by atoms with Gasteiger partial charge in [-0.2, -0.15) is 0 Å². The number of aryl methyl sites for hydroxylation is 2. The fourth-order valence-electron chi connectivity index (χ4n) is 5.62. The van der Waals surface area contributed by atoms with Crippen LogP contribution in [0.4, 0.5) is 11.4 Å². The summed E-state index contributed by atoms with van der Waals surface area (Å²) in [5.41, 5.74) is 5.82. The Morgan fingerprint density at radius 3 is 1.86 bits per heavy atom. The third-order valence-electron chi connectivity index (χ3n) is 8.33. The van der Waals surface area contributed by atoms with Crippen LogP contribution in [0.15, 0.2) is 70.6 Å². The lowest BCUT2D eigenvalue weighted by atomic mass is 10.0. The van der Waals surface area contributed by atoms with Gasteiger partial charge < -0.3 is 19.3 Å². The Labute approximate surface area is 303 Å². The molecule has 0 radical (unpaired) electrons. The van der Waals surface area contributed by atoms with Gasteiger partial charge in [0.1, 0.15) is 6.61 Å². The minimum Gasteiger partial charge on any atom is -0.436 e. The van der Waals surface area contributed by atoms with E-state index in [9.17, 15) is 14.4 Å². The van der Waals surface area contributed by atoms with Crippen molar-refractivity contribution in [1.82, 2.24) is 0 Å². The molecule has 4 aromatic rings. The average molecular weight is 721 g/mol. The zero-order chi connectivity index (χ0) is 36.2. The number of amides is 2. The van der Waals surface area contributed by atoms with Crippen LogP contribution in [0.1, 0.15) is 41.8 Å². The van der Waals surface area contributed by atoms with E-state index in [2.05, 4.69) is 16.8 Å². The van der Waals surface area contributed by atoms with Crippen molar-refractivity contribution in [1.29, 1.82) is 0 Å². The number of benzene rings is 2. The van der Waals surface area contributed by atoms with E-state index in [4.69, 9.17) is 37.1 Å². The number of hydrogen-bond donors (Lipinski definition) is 0. The fraction of sp³-hybridized carbons (Fsp3) is 0.237. The summed E-state index contributed by atoms with van der Waals surface area (Å²) in [6.07, 6.45) is 11.3. The van der Waals surface area contributed by atoms with E-state index in [0.717, 1.165) is 27.1 Å². The molecule has 51 heavy (non-hydrogen) atoms. The fourth-order valence-corrected chi connectivity index (χ4v) is 7.63. The van der Waals surface area contributed by atoms with Crippen LogP contribution in [0.2, 0.25) is 0 Å². The van der Waals surface area contributed by atoms with Gasteiger partial charge in [-0.1, -0.05) is 60.4 Å². The number of carbonyl (C=O) groups is 3. The quantitative estimate of drug-likeness (QED) is 0.0436. The van der Waals surface area contributed by atoms with E-state index in [0.29, 0.717) is 37.4 Å². The first kappa shape index (κ1) is 35.4. The summed E-state index contributed by atoms with van der Waals surface area (Å²) in [6, 6.07) is 16.4. The average Bonchev–Trinajstić information content (AvgIpc) is 3.73. The molecule has 0 N–H and O–H groups in total. The molecule has 0 spiro atoms. The number of likely N-dealkylation sites (N-methyl/N-ethyl adjacent to an activating group) is 2. The summed E-state index contributed by atoms with van der Waals surface area (Å²) in [7, 11) is 3.22.